The van der Waals surface area contributed by atoms with Gasteiger partial charge in [0.1, 0.15) is 5.69 Å². The normalized spacial score (nSPS) is 10.5. The summed E-state index contributed by atoms with van der Waals surface area (Å²) in [6, 6.07) is 0. The van der Waals surface area contributed by atoms with Gasteiger partial charge in [0.25, 0.3) is 5.91 Å². The van der Waals surface area contributed by atoms with E-state index in [2.05, 4.69) is 22.2 Å². The van der Waals surface area contributed by atoms with Crippen LogP contribution in [0.2, 0.25) is 0 Å². The van der Waals surface area contributed by atoms with E-state index < -0.39 is 0 Å². The molecule has 0 spiro atoms. The molecule has 0 radical (unpaired) electrons. The van der Waals surface area contributed by atoms with E-state index in [0.29, 0.717) is 10.8 Å². The zero-order valence-electron chi connectivity index (χ0n) is 9.90. The van der Waals surface area contributed by atoms with Crippen LogP contribution in [-0.4, -0.2) is 15.9 Å². The highest BCUT2D eigenvalue weighted by Crippen LogP contribution is 2.23. The van der Waals surface area contributed by atoms with Crippen molar-refractivity contribution in [1.29, 1.82) is 0 Å². The Morgan fingerprint density at radius 1 is 1.41 bits per heavy atom. The van der Waals surface area contributed by atoms with Crippen molar-refractivity contribution in [3.8, 4) is 0 Å². The standard InChI is InChI=1S/C11H13N3OS2/c1-4-8-6(2)17-11(13-8)14-10(15)9-5-16-7(3)12-9/h5H,4H2,1-3H3,(H,13,14,15). The van der Waals surface area contributed by atoms with Gasteiger partial charge in [-0.3, -0.25) is 10.1 Å². The smallest absolute Gasteiger partial charge is 0.276 e. The maximum absolute atomic E-state index is 11.8. The first-order valence-electron chi connectivity index (χ1n) is 5.30. The summed E-state index contributed by atoms with van der Waals surface area (Å²) >= 11 is 2.97. The van der Waals surface area contributed by atoms with Crippen LogP contribution in [0.1, 0.15) is 33.0 Å². The Hall–Kier alpha value is -1.27. The lowest BCUT2D eigenvalue weighted by Gasteiger charge is -1.96. The fourth-order valence-electron chi connectivity index (χ4n) is 1.44. The van der Waals surface area contributed by atoms with Crippen LogP contribution in [0, 0.1) is 13.8 Å². The molecule has 0 aromatic carbocycles. The summed E-state index contributed by atoms with van der Waals surface area (Å²) < 4.78 is 0. The lowest BCUT2D eigenvalue weighted by atomic mass is 10.3. The summed E-state index contributed by atoms with van der Waals surface area (Å²) in [6.07, 6.45) is 0.883. The Kier molecular flexibility index (Phi) is 3.54. The number of aryl methyl sites for hydroxylation is 3. The first-order chi connectivity index (χ1) is 8.10. The molecule has 0 aliphatic heterocycles. The van der Waals surface area contributed by atoms with Crippen molar-refractivity contribution in [2.45, 2.75) is 27.2 Å². The minimum Gasteiger partial charge on any atom is -0.296 e. The molecular weight excluding hydrogens is 254 g/mol. The molecule has 0 unspecified atom stereocenters. The lowest BCUT2D eigenvalue weighted by Crippen LogP contribution is -2.12. The minimum absolute atomic E-state index is 0.189. The van der Waals surface area contributed by atoms with E-state index in [1.54, 1.807) is 5.38 Å². The predicted molar refractivity (Wildman–Crippen MR) is 71.0 cm³/mol. The van der Waals surface area contributed by atoms with Crippen molar-refractivity contribution in [1.82, 2.24) is 9.97 Å². The second-order valence-corrected chi connectivity index (χ2v) is 5.85. The number of nitrogens with zero attached hydrogens (tertiary/aromatic N) is 2. The average molecular weight is 267 g/mol. The fourth-order valence-corrected chi connectivity index (χ4v) is 2.93. The molecule has 2 aromatic rings. The SMILES string of the molecule is CCc1nc(NC(=O)c2csc(C)n2)sc1C. The Labute approximate surface area is 108 Å². The molecule has 1 amide bonds. The maximum Gasteiger partial charge on any atom is 0.276 e. The van der Waals surface area contributed by atoms with Crippen LogP contribution in [-0.2, 0) is 6.42 Å². The predicted octanol–water partition coefficient (Wildman–Crippen LogP) is 3.03. The van der Waals surface area contributed by atoms with Gasteiger partial charge in [-0.15, -0.1) is 22.7 Å². The van der Waals surface area contributed by atoms with Crippen LogP contribution in [0.4, 0.5) is 5.13 Å². The van der Waals surface area contributed by atoms with Crippen LogP contribution in [0.5, 0.6) is 0 Å². The van der Waals surface area contributed by atoms with Gasteiger partial charge in [0.2, 0.25) is 0 Å². The van der Waals surface area contributed by atoms with Crippen LogP contribution in [0.25, 0.3) is 0 Å². The van der Waals surface area contributed by atoms with E-state index in [4.69, 9.17) is 0 Å². The van der Waals surface area contributed by atoms with Gasteiger partial charge in [0.05, 0.1) is 10.7 Å². The molecule has 0 saturated carbocycles. The van der Waals surface area contributed by atoms with E-state index in [0.717, 1.165) is 22.0 Å². The van der Waals surface area contributed by atoms with Gasteiger partial charge in [0, 0.05) is 10.3 Å². The first-order valence-corrected chi connectivity index (χ1v) is 6.99. The van der Waals surface area contributed by atoms with Gasteiger partial charge in [0.15, 0.2) is 5.13 Å². The highest BCUT2D eigenvalue weighted by Gasteiger charge is 2.13. The van der Waals surface area contributed by atoms with Crippen molar-refractivity contribution >= 4 is 33.7 Å². The van der Waals surface area contributed by atoms with E-state index in [9.17, 15) is 4.79 Å². The molecule has 2 aromatic heterocycles. The highest BCUT2D eigenvalue weighted by atomic mass is 32.1. The number of aromatic nitrogens is 2. The van der Waals surface area contributed by atoms with E-state index in [-0.39, 0.29) is 5.91 Å². The number of anilines is 1. The van der Waals surface area contributed by atoms with Crippen molar-refractivity contribution in [2.75, 3.05) is 5.32 Å². The van der Waals surface area contributed by atoms with Crippen LogP contribution >= 0.6 is 22.7 Å². The number of amides is 1. The van der Waals surface area contributed by atoms with Crippen LogP contribution in [0.15, 0.2) is 5.38 Å². The molecular formula is C11H13N3OS2. The molecule has 0 saturated heterocycles. The van der Waals surface area contributed by atoms with Gasteiger partial charge >= 0.3 is 0 Å². The topological polar surface area (TPSA) is 54.9 Å². The molecule has 4 nitrogen and oxygen atoms in total. The second-order valence-electron chi connectivity index (χ2n) is 3.58. The number of rotatable bonds is 3. The van der Waals surface area contributed by atoms with E-state index in [1.807, 2.05) is 13.8 Å². The Bertz CT molecular complexity index is 545. The van der Waals surface area contributed by atoms with Crippen molar-refractivity contribution < 1.29 is 4.79 Å². The number of carbonyl (C=O) groups is 1. The molecule has 0 bridgehead atoms. The summed E-state index contributed by atoms with van der Waals surface area (Å²) in [5, 5.41) is 6.07. The summed E-state index contributed by atoms with van der Waals surface area (Å²) in [5.74, 6) is -0.189. The molecule has 0 fully saturated rings. The molecule has 2 rings (SSSR count). The average Bonchev–Trinajstić information content (AvgIpc) is 2.85. The highest BCUT2D eigenvalue weighted by molar-refractivity contribution is 7.15. The van der Waals surface area contributed by atoms with Crippen LogP contribution < -0.4 is 5.32 Å². The zero-order chi connectivity index (χ0) is 12.4. The molecule has 0 aliphatic rings. The zero-order valence-corrected chi connectivity index (χ0v) is 11.5. The number of hydrogen-bond donors (Lipinski definition) is 1. The number of thiazole rings is 2. The Morgan fingerprint density at radius 3 is 2.71 bits per heavy atom. The molecule has 0 aliphatic carbocycles. The van der Waals surface area contributed by atoms with Gasteiger partial charge in [-0.1, -0.05) is 6.92 Å². The second kappa shape index (κ2) is 4.93. The summed E-state index contributed by atoms with van der Waals surface area (Å²) in [6.45, 7) is 5.95. The summed E-state index contributed by atoms with van der Waals surface area (Å²) in [7, 11) is 0. The maximum atomic E-state index is 11.8. The number of carbonyl (C=O) groups excluding carboxylic acids is 1. The van der Waals surface area contributed by atoms with Gasteiger partial charge in [-0.2, -0.15) is 0 Å². The van der Waals surface area contributed by atoms with Gasteiger partial charge in [-0.25, -0.2) is 9.97 Å². The monoisotopic (exact) mass is 267 g/mol. The van der Waals surface area contributed by atoms with Crippen LogP contribution in [0.3, 0.4) is 0 Å². The first kappa shape index (κ1) is 12.2. The van der Waals surface area contributed by atoms with Gasteiger partial charge in [-0.05, 0) is 20.3 Å². The molecule has 2 heterocycles. The molecule has 0 atom stereocenters. The third-order valence-corrected chi connectivity index (χ3v) is 4.00. The Balaban J connectivity index is 2.12. The molecule has 17 heavy (non-hydrogen) atoms. The third kappa shape index (κ3) is 2.70. The largest absolute Gasteiger partial charge is 0.296 e. The summed E-state index contributed by atoms with van der Waals surface area (Å²) in [5.41, 5.74) is 1.50. The van der Waals surface area contributed by atoms with E-state index in [1.165, 1.54) is 22.7 Å². The number of nitrogens with one attached hydrogen (secondary N) is 1. The van der Waals surface area contributed by atoms with Crippen molar-refractivity contribution in [3.05, 3.63) is 26.7 Å². The minimum atomic E-state index is -0.189. The quantitative estimate of drug-likeness (QED) is 0.930. The lowest BCUT2D eigenvalue weighted by molar-refractivity contribution is 0.102. The third-order valence-electron chi connectivity index (χ3n) is 2.30. The van der Waals surface area contributed by atoms with Gasteiger partial charge < -0.3 is 0 Å². The number of hydrogen-bond acceptors (Lipinski definition) is 5. The molecule has 1 N–H and O–H groups in total. The van der Waals surface area contributed by atoms with Crippen molar-refractivity contribution in [3.63, 3.8) is 0 Å². The van der Waals surface area contributed by atoms with Crippen molar-refractivity contribution in [2.24, 2.45) is 0 Å². The Morgan fingerprint density at radius 2 is 2.18 bits per heavy atom. The fraction of sp³-hybridized carbons (Fsp3) is 0.364. The van der Waals surface area contributed by atoms with E-state index >= 15 is 0 Å². The molecule has 6 heteroatoms. The molecule has 90 valence electrons. The summed E-state index contributed by atoms with van der Waals surface area (Å²) in [4.78, 5) is 21.5.